The maximum atomic E-state index is 12.1. The second kappa shape index (κ2) is 8.11. The van der Waals surface area contributed by atoms with Gasteiger partial charge in [0, 0.05) is 18.7 Å². The predicted molar refractivity (Wildman–Crippen MR) is 104 cm³/mol. The summed E-state index contributed by atoms with van der Waals surface area (Å²) in [4.78, 5) is 14.0. The Balaban J connectivity index is 1.82. The van der Waals surface area contributed by atoms with E-state index in [1.54, 1.807) is 0 Å². The summed E-state index contributed by atoms with van der Waals surface area (Å²) < 4.78 is 5.84. The van der Waals surface area contributed by atoms with E-state index in [0.717, 1.165) is 5.56 Å². The van der Waals surface area contributed by atoms with Crippen molar-refractivity contribution in [1.29, 1.82) is 0 Å². The number of likely N-dealkylation sites (tertiary alicyclic amines) is 1. The molecule has 1 heterocycles. The second-order valence-electron chi connectivity index (χ2n) is 7.38. The lowest BCUT2D eigenvalue weighted by Crippen LogP contribution is -2.46. The Labute approximate surface area is 160 Å². The molecule has 2 aromatic rings. The molecule has 144 valence electrons. The normalized spacial score (nSPS) is 18.2. The molecule has 1 saturated heterocycles. The SMILES string of the molecule is CC(C)Oc1ccccc1[C@H](C(=O)O)N1CCC(O)(c2ccccc2)CC1. The summed E-state index contributed by atoms with van der Waals surface area (Å²) in [6, 6.07) is 16.1. The summed E-state index contributed by atoms with van der Waals surface area (Å²) in [6.07, 6.45) is 0.951. The lowest BCUT2D eigenvalue weighted by atomic mass is 9.83. The fraction of sp³-hybridized carbons (Fsp3) is 0.409. The van der Waals surface area contributed by atoms with Gasteiger partial charge in [0.05, 0.1) is 11.7 Å². The molecule has 0 bridgehead atoms. The molecule has 1 atom stereocenters. The molecule has 0 spiro atoms. The van der Waals surface area contributed by atoms with Crippen molar-refractivity contribution in [2.45, 2.75) is 44.4 Å². The fourth-order valence-corrected chi connectivity index (χ4v) is 3.74. The van der Waals surface area contributed by atoms with Gasteiger partial charge in [-0.2, -0.15) is 0 Å². The summed E-state index contributed by atoms with van der Waals surface area (Å²) in [5, 5.41) is 21.0. The topological polar surface area (TPSA) is 70.0 Å². The number of ether oxygens (including phenoxy) is 1. The number of hydrogen-bond acceptors (Lipinski definition) is 4. The molecule has 1 aliphatic rings. The number of carboxylic acids is 1. The molecule has 27 heavy (non-hydrogen) atoms. The zero-order valence-corrected chi connectivity index (χ0v) is 15.8. The molecule has 2 aromatic carbocycles. The van der Waals surface area contributed by atoms with E-state index in [2.05, 4.69) is 0 Å². The number of carboxylic acid groups (broad SMARTS) is 1. The van der Waals surface area contributed by atoms with Gasteiger partial charge in [-0.15, -0.1) is 0 Å². The van der Waals surface area contributed by atoms with Crippen LogP contribution in [-0.4, -0.2) is 40.3 Å². The van der Waals surface area contributed by atoms with Crippen LogP contribution in [-0.2, 0) is 10.4 Å². The molecule has 1 fully saturated rings. The zero-order chi connectivity index (χ0) is 19.4. The predicted octanol–water partition coefficient (Wildman–Crippen LogP) is 3.58. The van der Waals surface area contributed by atoms with Crippen molar-refractivity contribution in [1.82, 2.24) is 4.90 Å². The Bertz CT molecular complexity index is 767. The van der Waals surface area contributed by atoms with Gasteiger partial charge in [0.1, 0.15) is 11.8 Å². The van der Waals surface area contributed by atoms with Crippen LogP contribution in [0, 0.1) is 0 Å². The van der Waals surface area contributed by atoms with Crippen LogP contribution in [0.5, 0.6) is 5.75 Å². The highest BCUT2D eigenvalue weighted by atomic mass is 16.5. The highest BCUT2D eigenvalue weighted by molar-refractivity contribution is 5.76. The third-order valence-corrected chi connectivity index (χ3v) is 5.11. The van der Waals surface area contributed by atoms with Crippen molar-refractivity contribution in [3.63, 3.8) is 0 Å². The van der Waals surface area contributed by atoms with E-state index in [1.807, 2.05) is 73.3 Å². The fourth-order valence-electron chi connectivity index (χ4n) is 3.74. The van der Waals surface area contributed by atoms with E-state index in [4.69, 9.17) is 4.74 Å². The van der Waals surface area contributed by atoms with Crippen LogP contribution in [0.4, 0.5) is 0 Å². The molecule has 0 radical (unpaired) electrons. The molecule has 0 amide bonds. The lowest BCUT2D eigenvalue weighted by molar-refractivity contribution is -0.146. The van der Waals surface area contributed by atoms with E-state index >= 15 is 0 Å². The number of hydrogen-bond donors (Lipinski definition) is 2. The molecule has 3 rings (SSSR count). The summed E-state index contributed by atoms with van der Waals surface area (Å²) in [5.74, 6) is -0.302. The van der Waals surface area contributed by atoms with E-state index in [1.165, 1.54) is 0 Å². The van der Waals surface area contributed by atoms with Gasteiger partial charge in [-0.05, 0) is 38.3 Å². The van der Waals surface area contributed by atoms with Crippen molar-refractivity contribution in [2.24, 2.45) is 0 Å². The average Bonchev–Trinajstić information content (AvgIpc) is 2.65. The molecule has 1 aliphatic heterocycles. The Hall–Kier alpha value is -2.37. The van der Waals surface area contributed by atoms with Crippen molar-refractivity contribution >= 4 is 5.97 Å². The maximum Gasteiger partial charge on any atom is 0.325 e. The zero-order valence-electron chi connectivity index (χ0n) is 15.8. The third kappa shape index (κ3) is 4.31. The smallest absolute Gasteiger partial charge is 0.325 e. The highest BCUT2D eigenvalue weighted by Gasteiger charge is 2.39. The van der Waals surface area contributed by atoms with Crippen LogP contribution >= 0.6 is 0 Å². The monoisotopic (exact) mass is 369 g/mol. The number of rotatable bonds is 6. The lowest BCUT2D eigenvalue weighted by Gasteiger charge is -2.41. The van der Waals surface area contributed by atoms with Crippen molar-refractivity contribution in [3.8, 4) is 5.75 Å². The quantitative estimate of drug-likeness (QED) is 0.814. The minimum absolute atomic E-state index is 0.0369. The van der Waals surface area contributed by atoms with Crippen LogP contribution in [0.15, 0.2) is 54.6 Å². The van der Waals surface area contributed by atoms with Gasteiger partial charge in [-0.1, -0.05) is 48.5 Å². The van der Waals surface area contributed by atoms with Gasteiger partial charge >= 0.3 is 5.97 Å². The standard InChI is InChI=1S/C22H27NO4/c1-16(2)27-19-11-7-6-10-18(19)20(21(24)25)23-14-12-22(26,13-15-23)17-8-4-3-5-9-17/h3-11,16,20,26H,12-15H2,1-2H3,(H,24,25)/t20-/m1/s1. The number of para-hydroxylation sites is 1. The van der Waals surface area contributed by atoms with Gasteiger partial charge in [0.25, 0.3) is 0 Å². The first-order chi connectivity index (χ1) is 12.9. The molecular weight excluding hydrogens is 342 g/mol. The van der Waals surface area contributed by atoms with E-state index < -0.39 is 17.6 Å². The van der Waals surface area contributed by atoms with Crippen LogP contribution in [0.25, 0.3) is 0 Å². The first-order valence-corrected chi connectivity index (χ1v) is 9.41. The number of piperidine rings is 1. The summed E-state index contributed by atoms with van der Waals surface area (Å²) in [6.45, 7) is 4.84. The van der Waals surface area contributed by atoms with Gasteiger partial charge in [0.15, 0.2) is 0 Å². The van der Waals surface area contributed by atoms with Crippen LogP contribution in [0.2, 0.25) is 0 Å². The number of carbonyl (C=O) groups is 1. The van der Waals surface area contributed by atoms with Crippen molar-refractivity contribution in [2.75, 3.05) is 13.1 Å². The molecule has 0 unspecified atom stereocenters. The summed E-state index contributed by atoms with van der Waals surface area (Å²) in [5.41, 5.74) is 0.637. The first kappa shape index (κ1) is 19.4. The van der Waals surface area contributed by atoms with Crippen LogP contribution in [0.1, 0.15) is 43.9 Å². The minimum Gasteiger partial charge on any atom is -0.491 e. The number of aliphatic carboxylic acids is 1. The van der Waals surface area contributed by atoms with Crippen molar-refractivity contribution in [3.05, 3.63) is 65.7 Å². The molecule has 0 saturated carbocycles. The van der Waals surface area contributed by atoms with Crippen LogP contribution < -0.4 is 4.74 Å². The van der Waals surface area contributed by atoms with Crippen molar-refractivity contribution < 1.29 is 19.7 Å². The minimum atomic E-state index is -0.908. The van der Waals surface area contributed by atoms with E-state index in [0.29, 0.717) is 37.2 Å². The van der Waals surface area contributed by atoms with Gasteiger partial charge in [-0.25, -0.2) is 0 Å². The molecule has 5 heteroatoms. The average molecular weight is 369 g/mol. The van der Waals surface area contributed by atoms with Crippen LogP contribution in [0.3, 0.4) is 0 Å². The summed E-state index contributed by atoms with van der Waals surface area (Å²) in [7, 11) is 0. The Morgan fingerprint density at radius 1 is 1.04 bits per heavy atom. The number of nitrogens with zero attached hydrogens (tertiary/aromatic N) is 1. The molecule has 5 nitrogen and oxygen atoms in total. The molecule has 0 aliphatic carbocycles. The van der Waals surface area contributed by atoms with Gasteiger partial charge < -0.3 is 14.9 Å². The Morgan fingerprint density at radius 2 is 1.63 bits per heavy atom. The second-order valence-corrected chi connectivity index (χ2v) is 7.38. The van der Waals surface area contributed by atoms with E-state index in [9.17, 15) is 15.0 Å². The third-order valence-electron chi connectivity index (χ3n) is 5.11. The largest absolute Gasteiger partial charge is 0.491 e. The van der Waals surface area contributed by atoms with Gasteiger partial charge in [0.2, 0.25) is 0 Å². The molecule has 0 aromatic heterocycles. The molecular formula is C22H27NO4. The Kier molecular flexibility index (Phi) is 5.82. The summed E-state index contributed by atoms with van der Waals surface area (Å²) >= 11 is 0. The van der Waals surface area contributed by atoms with Gasteiger partial charge in [-0.3, -0.25) is 9.69 Å². The maximum absolute atomic E-state index is 12.1. The molecule has 2 N–H and O–H groups in total. The first-order valence-electron chi connectivity index (χ1n) is 9.41. The number of aliphatic hydroxyl groups is 1. The number of benzene rings is 2. The Morgan fingerprint density at radius 3 is 2.22 bits per heavy atom. The highest BCUT2D eigenvalue weighted by Crippen LogP contribution is 2.37. The van der Waals surface area contributed by atoms with E-state index in [-0.39, 0.29) is 6.10 Å².